The summed E-state index contributed by atoms with van der Waals surface area (Å²) in [6, 6.07) is 0. The number of anilines is 1. The minimum Gasteiger partial charge on any atom is -0.395 e. The molecule has 7 heteroatoms. The zero-order valence-corrected chi connectivity index (χ0v) is 11.9. The smallest absolute Gasteiger partial charge is 0.223 e. The Morgan fingerprint density at radius 2 is 2.44 bits per heavy atom. The van der Waals surface area contributed by atoms with Crippen LogP contribution in [-0.2, 0) is 4.79 Å². The summed E-state index contributed by atoms with van der Waals surface area (Å²) in [5.41, 5.74) is 1.99. The van der Waals surface area contributed by atoms with Gasteiger partial charge in [-0.2, -0.15) is 0 Å². The van der Waals surface area contributed by atoms with Gasteiger partial charge >= 0.3 is 0 Å². The van der Waals surface area contributed by atoms with Crippen molar-refractivity contribution in [1.82, 2.24) is 9.88 Å². The lowest BCUT2D eigenvalue weighted by molar-refractivity contribution is -0.114. The van der Waals surface area contributed by atoms with Gasteiger partial charge in [0.05, 0.1) is 28.8 Å². The van der Waals surface area contributed by atoms with E-state index in [1.807, 2.05) is 6.92 Å². The first kappa shape index (κ1) is 13.4. The normalized spacial score (nSPS) is 14.8. The average Bonchev–Trinajstić information content (AvgIpc) is 2.85. The van der Waals surface area contributed by atoms with Crippen molar-refractivity contribution in [3.63, 3.8) is 0 Å². The monoisotopic (exact) mass is 285 g/mol. The van der Waals surface area contributed by atoms with E-state index in [2.05, 4.69) is 20.6 Å². The van der Waals surface area contributed by atoms with Crippen LogP contribution in [0.2, 0.25) is 0 Å². The van der Waals surface area contributed by atoms with E-state index >= 15 is 0 Å². The number of rotatable bonds is 4. The number of aromatic nitrogens is 1. The largest absolute Gasteiger partial charge is 0.395 e. The lowest BCUT2D eigenvalue weighted by atomic mass is 10.3. The fourth-order valence-electron chi connectivity index (χ4n) is 1.69. The van der Waals surface area contributed by atoms with Crippen molar-refractivity contribution < 1.29 is 9.90 Å². The number of carbonyl (C=O) groups excluding carboxylic acids is 1. The lowest BCUT2D eigenvalue weighted by Crippen LogP contribution is -2.21. The predicted molar refractivity (Wildman–Crippen MR) is 75.4 cm³/mol. The maximum absolute atomic E-state index is 11.0. The Bertz CT molecular complexity index is 485. The SMILES string of the molecule is CC(=O)Nc1nc(C)c(C2=CSCN2CCO)s1. The zero-order chi connectivity index (χ0) is 13.1. The molecule has 1 aromatic heterocycles. The van der Waals surface area contributed by atoms with Crippen LogP contribution in [0.1, 0.15) is 17.5 Å². The van der Waals surface area contributed by atoms with Gasteiger partial charge in [0, 0.05) is 13.5 Å². The number of hydrogen-bond acceptors (Lipinski definition) is 6. The first-order chi connectivity index (χ1) is 8.61. The molecule has 0 saturated carbocycles. The highest BCUT2D eigenvalue weighted by molar-refractivity contribution is 8.02. The summed E-state index contributed by atoms with van der Waals surface area (Å²) in [5, 5.41) is 14.4. The maximum atomic E-state index is 11.0. The van der Waals surface area contributed by atoms with E-state index < -0.39 is 0 Å². The van der Waals surface area contributed by atoms with Gasteiger partial charge in [-0.15, -0.1) is 11.8 Å². The lowest BCUT2D eigenvalue weighted by Gasteiger charge is -2.19. The Balaban J connectivity index is 2.22. The summed E-state index contributed by atoms with van der Waals surface area (Å²) >= 11 is 3.17. The van der Waals surface area contributed by atoms with Gasteiger partial charge < -0.3 is 15.3 Å². The molecule has 1 aliphatic rings. The highest BCUT2D eigenvalue weighted by atomic mass is 32.2. The van der Waals surface area contributed by atoms with Crippen LogP contribution in [0.4, 0.5) is 5.13 Å². The molecule has 2 heterocycles. The average molecular weight is 285 g/mol. The molecule has 0 aromatic carbocycles. The van der Waals surface area contributed by atoms with Crippen molar-refractivity contribution in [2.24, 2.45) is 0 Å². The first-order valence-corrected chi connectivity index (χ1v) is 7.41. The molecule has 1 aliphatic heterocycles. The molecule has 5 nitrogen and oxygen atoms in total. The third kappa shape index (κ3) is 2.85. The number of aliphatic hydroxyl groups is 1. The standard InChI is InChI=1S/C11H15N3O2S2/c1-7-10(18-11(12-7)13-8(2)16)9-5-17-6-14(9)3-4-15/h5,15H,3-4,6H2,1-2H3,(H,12,13,16). The molecular formula is C11H15N3O2S2. The number of β-amino-alcohol motifs (C(OH)–C–C–N with tert-alkyl or cyclic N) is 1. The molecule has 0 unspecified atom stereocenters. The summed E-state index contributed by atoms with van der Waals surface area (Å²) < 4.78 is 0. The summed E-state index contributed by atoms with van der Waals surface area (Å²) in [6.45, 7) is 4.15. The molecule has 0 bridgehead atoms. The van der Waals surface area contributed by atoms with Crippen LogP contribution >= 0.6 is 23.1 Å². The molecule has 0 atom stereocenters. The second-order valence-electron chi connectivity index (χ2n) is 3.90. The fraction of sp³-hybridized carbons (Fsp3) is 0.455. The van der Waals surface area contributed by atoms with E-state index in [-0.39, 0.29) is 12.5 Å². The van der Waals surface area contributed by atoms with Gasteiger partial charge in [0.15, 0.2) is 5.13 Å². The second-order valence-corrected chi connectivity index (χ2v) is 5.73. The highest BCUT2D eigenvalue weighted by Gasteiger charge is 2.21. The van der Waals surface area contributed by atoms with E-state index in [1.165, 1.54) is 18.3 Å². The number of hydrogen-bond donors (Lipinski definition) is 2. The zero-order valence-electron chi connectivity index (χ0n) is 10.3. The molecule has 1 amide bonds. The molecule has 0 spiro atoms. The Morgan fingerprint density at radius 3 is 3.11 bits per heavy atom. The van der Waals surface area contributed by atoms with Gasteiger partial charge in [0.25, 0.3) is 0 Å². The van der Waals surface area contributed by atoms with Gasteiger partial charge in [-0.05, 0) is 12.3 Å². The number of amides is 1. The molecule has 0 aliphatic carbocycles. The molecule has 98 valence electrons. The minimum absolute atomic E-state index is 0.114. The predicted octanol–water partition coefficient (Wildman–Crippen LogP) is 1.71. The minimum atomic E-state index is -0.114. The van der Waals surface area contributed by atoms with E-state index in [4.69, 9.17) is 5.11 Å². The molecule has 0 radical (unpaired) electrons. The third-order valence-electron chi connectivity index (χ3n) is 2.45. The molecule has 1 aromatic rings. The molecule has 0 saturated heterocycles. The Morgan fingerprint density at radius 1 is 1.67 bits per heavy atom. The summed E-state index contributed by atoms with van der Waals surface area (Å²) in [4.78, 5) is 18.5. The van der Waals surface area contributed by atoms with Crippen molar-refractivity contribution in [3.8, 4) is 0 Å². The topological polar surface area (TPSA) is 65.5 Å². The van der Waals surface area contributed by atoms with Crippen molar-refractivity contribution in [3.05, 3.63) is 16.0 Å². The van der Waals surface area contributed by atoms with E-state index in [0.717, 1.165) is 22.1 Å². The molecule has 18 heavy (non-hydrogen) atoms. The van der Waals surface area contributed by atoms with Crippen molar-refractivity contribution in [2.45, 2.75) is 13.8 Å². The Kier molecular flexibility index (Phi) is 4.26. The van der Waals surface area contributed by atoms with Gasteiger partial charge in [0.1, 0.15) is 0 Å². The van der Waals surface area contributed by atoms with Crippen LogP contribution in [0, 0.1) is 6.92 Å². The fourth-order valence-corrected chi connectivity index (χ4v) is 3.77. The van der Waals surface area contributed by atoms with Crippen LogP contribution in [-0.4, -0.2) is 39.9 Å². The van der Waals surface area contributed by atoms with Gasteiger partial charge in [0.2, 0.25) is 5.91 Å². The van der Waals surface area contributed by atoms with Crippen LogP contribution in [0.25, 0.3) is 5.70 Å². The van der Waals surface area contributed by atoms with Gasteiger partial charge in [-0.1, -0.05) is 11.3 Å². The van der Waals surface area contributed by atoms with Crippen LogP contribution < -0.4 is 5.32 Å². The van der Waals surface area contributed by atoms with Crippen LogP contribution in [0.15, 0.2) is 5.41 Å². The van der Waals surface area contributed by atoms with E-state index in [0.29, 0.717) is 11.7 Å². The number of nitrogens with one attached hydrogen (secondary N) is 1. The molecule has 2 N–H and O–H groups in total. The number of thioether (sulfide) groups is 1. The molecule has 2 rings (SSSR count). The second kappa shape index (κ2) is 5.73. The quantitative estimate of drug-likeness (QED) is 0.881. The van der Waals surface area contributed by atoms with Crippen molar-refractivity contribution >= 4 is 39.8 Å². The van der Waals surface area contributed by atoms with E-state index in [9.17, 15) is 4.79 Å². The van der Waals surface area contributed by atoms with Crippen molar-refractivity contribution in [2.75, 3.05) is 24.3 Å². The van der Waals surface area contributed by atoms with E-state index in [1.54, 1.807) is 11.8 Å². The third-order valence-corrected chi connectivity index (χ3v) is 4.39. The summed E-state index contributed by atoms with van der Waals surface area (Å²) in [7, 11) is 0. The number of nitrogens with zero attached hydrogens (tertiary/aromatic N) is 2. The highest BCUT2D eigenvalue weighted by Crippen LogP contribution is 2.37. The number of aryl methyl sites for hydroxylation is 1. The molecule has 0 fully saturated rings. The summed E-state index contributed by atoms with van der Waals surface area (Å²) in [6.07, 6.45) is 0. The van der Waals surface area contributed by atoms with Gasteiger partial charge in [-0.25, -0.2) is 4.98 Å². The van der Waals surface area contributed by atoms with Crippen molar-refractivity contribution in [1.29, 1.82) is 0 Å². The van der Waals surface area contributed by atoms with Crippen LogP contribution in [0.3, 0.4) is 0 Å². The number of aliphatic hydroxyl groups excluding tert-OH is 1. The van der Waals surface area contributed by atoms with Crippen LogP contribution in [0.5, 0.6) is 0 Å². The number of carbonyl (C=O) groups is 1. The molecular weight excluding hydrogens is 270 g/mol. The first-order valence-electron chi connectivity index (χ1n) is 5.54. The van der Waals surface area contributed by atoms with Gasteiger partial charge in [-0.3, -0.25) is 4.79 Å². The maximum Gasteiger partial charge on any atom is 0.223 e. The number of thiazole rings is 1. The Labute approximate surface area is 114 Å². The Hall–Kier alpha value is -1.05. The summed E-state index contributed by atoms with van der Waals surface area (Å²) in [5.74, 6) is 0.736.